The van der Waals surface area contributed by atoms with Crippen molar-refractivity contribution in [3.8, 4) is 5.75 Å². The van der Waals surface area contributed by atoms with Gasteiger partial charge < -0.3 is 14.4 Å². The Labute approximate surface area is 139 Å². The fourth-order valence-corrected chi connectivity index (χ4v) is 2.95. The minimum absolute atomic E-state index is 0.0170. The summed E-state index contributed by atoms with van der Waals surface area (Å²) in [6.45, 7) is 2.06. The van der Waals surface area contributed by atoms with Crippen LogP contribution in [-0.4, -0.2) is 22.1 Å². The molecule has 0 bridgehead atoms. The normalized spacial score (nSPS) is 12.6. The van der Waals surface area contributed by atoms with Crippen molar-refractivity contribution in [1.29, 1.82) is 0 Å². The number of para-hydroxylation sites is 1. The van der Waals surface area contributed by atoms with Gasteiger partial charge in [0.05, 0.1) is 6.04 Å². The first-order valence-electron chi connectivity index (χ1n) is 7.79. The van der Waals surface area contributed by atoms with E-state index < -0.39 is 0 Å². The van der Waals surface area contributed by atoms with E-state index in [-0.39, 0.29) is 11.8 Å². The lowest BCUT2D eigenvalue weighted by Crippen LogP contribution is -2.22. The fourth-order valence-electron chi connectivity index (χ4n) is 2.95. The number of aromatic nitrogens is 2. The molecule has 2 aromatic heterocycles. The first-order valence-corrected chi connectivity index (χ1v) is 7.79. The number of benzene rings is 2. The molecule has 0 aliphatic heterocycles. The smallest absolute Gasteiger partial charge is 0.196 e. The standard InChI is InChI=1S/C19H17N3O2/c1-12(13-6-5-7-14(23)10-13)22(2)19-18-17(20-11-21-19)15-8-3-4-9-16(15)24-18/h3-12,23H,1-2H3/t12-/m1/s1. The van der Waals surface area contributed by atoms with Crippen LogP contribution in [0.25, 0.3) is 22.1 Å². The quantitative estimate of drug-likeness (QED) is 0.610. The monoisotopic (exact) mass is 319 g/mol. The van der Waals surface area contributed by atoms with Gasteiger partial charge in [-0.15, -0.1) is 0 Å². The second-order valence-electron chi connectivity index (χ2n) is 5.86. The van der Waals surface area contributed by atoms with Crippen molar-refractivity contribution in [2.45, 2.75) is 13.0 Å². The molecule has 2 aromatic carbocycles. The van der Waals surface area contributed by atoms with E-state index in [1.54, 1.807) is 18.5 Å². The summed E-state index contributed by atoms with van der Waals surface area (Å²) in [6, 6.07) is 15.1. The predicted molar refractivity (Wildman–Crippen MR) is 94.2 cm³/mol. The van der Waals surface area contributed by atoms with Crippen molar-refractivity contribution >= 4 is 27.9 Å². The molecule has 0 saturated carbocycles. The average molecular weight is 319 g/mol. The van der Waals surface area contributed by atoms with E-state index in [2.05, 4.69) is 16.9 Å². The summed E-state index contributed by atoms with van der Waals surface area (Å²) in [5.74, 6) is 0.983. The van der Waals surface area contributed by atoms with Crippen molar-refractivity contribution in [3.05, 3.63) is 60.4 Å². The summed E-state index contributed by atoms with van der Waals surface area (Å²) < 4.78 is 6.00. The third-order valence-corrected chi connectivity index (χ3v) is 4.41. The number of phenols is 1. The Bertz CT molecular complexity index is 1030. The van der Waals surface area contributed by atoms with Crippen molar-refractivity contribution in [2.75, 3.05) is 11.9 Å². The first kappa shape index (κ1) is 14.5. The van der Waals surface area contributed by atoms with Gasteiger partial charge in [0.1, 0.15) is 23.2 Å². The Morgan fingerprint density at radius 1 is 1.08 bits per heavy atom. The van der Waals surface area contributed by atoms with Crippen molar-refractivity contribution in [3.63, 3.8) is 0 Å². The van der Waals surface area contributed by atoms with Gasteiger partial charge in [-0.25, -0.2) is 9.97 Å². The van der Waals surface area contributed by atoms with Gasteiger partial charge >= 0.3 is 0 Å². The average Bonchev–Trinajstić information content (AvgIpc) is 2.99. The molecule has 0 amide bonds. The molecule has 2 heterocycles. The molecule has 0 unspecified atom stereocenters. The summed E-state index contributed by atoms with van der Waals surface area (Å²) in [4.78, 5) is 10.8. The van der Waals surface area contributed by atoms with Crippen LogP contribution in [0.3, 0.4) is 0 Å². The summed E-state index contributed by atoms with van der Waals surface area (Å²) >= 11 is 0. The summed E-state index contributed by atoms with van der Waals surface area (Å²) in [5, 5.41) is 10.7. The number of hydrogen-bond acceptors (Lipinski definition) is 5. The van der Waals surface area contributed by atoms with Gasteiger partial charge in [-0.1, -0.05) is 24.3 Å². The molecule has 5 nitrogen and oxygen atoms in total. The maximum atomic E-state index is 9.72. The van der Waals surface area contributed by atoms with Crippen LogP contribution in [0, 0.1) is 0 Å². The summed E-state index contributed by atoms with van der Waals surface area (Å²) in [5.41, 5.74) is 3.28. The van der Waals surface area contributed by atoms with E-state index in [9.17, 15) is 5.11 Å². The Hall–Kier alpha value is -3.08. The van der Waals surface area contributed by atoms with Crippen LogP contribution in [-0.2, 0) is 0 Å². The fraction of sp³-hybridized carbons (Fsp3) is 0.158. The lowest BCUT2D eigenvalue weighted by molar-refractivity contribution is 0.473. The molecular formula is C19H17N3O2. The van der Waals surface area contributed by atoms with Crippen LogP contribution >= 0.6 is 0 Å². The highest BCUT2D eigenvalue weighted by atomic mass is 16.3. The Balaban J connectivity index is 1.83. The number of hydrogen-bond donors (Lipinski definition) is 1. The summed E-state index contributed by atoms with van der Waals surface area (Å²) in [6.07, 6.45) is 1.56. The van der Waals surface area contributed by atoms with Gasteiger partial charge in [-0.2, -0.15) is 0 Å². The lowest BCUT2D eigenvalue weighted by atomic mass is 10.1. The minimum atomic E-state index is 0.0170. The van der Waals surface area contributed by atoms with Gasteiger partial charge in [0, 0.05) is 12.4 Å². The number of phenolic OH excluding ortho intramolecular Hbond substituents is 1. The Morgan fingerprint density at radius 2 is 1.92 bits per heavy atom. The van der Waals surface area contributed by atoms with E-state index in [0.717, 1.165) is 27.9 Å². The topological polar surface area (TPSA) is 62.4 Å². The van der Waals surface area contributed by atoms with Crippen molar-refractivity contribution in [2.24, 2.45) is 0 Å². The third-order valence-electron chi connectivity index (χ3n) is 4.41. The van der Waals surface area contributed by atoms with Crippen LogP contribution in [0.5, 0.6) is 5.75 Å². The van der Waals surface area contributed by atoms with Crippen LogP contribution < -0.4 is 4.90 Å². The molecule has 4 rings (SSSR count). The number of rotatable bonds is 3. The van der Waals surface area contributed by atoms with Gasteiger partial charge in [0.25, 0.3) is 0 Å². The minimum Gasteiger partial charge on any atom is -0.508 e. The van der Waals surface area contributed by atoms with E-state index in [4.69, 9.17) is 4.42 Å². The second kappa shape index (κ2) is 5.53. The van der Waals surface area contributed by atoms with Gasteiger partial charge in [0.15, 0.2) is 11.4 Å². The van der Waals surface area contributed by atoms with Gasteiger partial charge in [-0.3, -0.25) is 0 Å². The summed E-state index contributed by atoms with van der Waals surface area (Å²) in [7, 11) is 1.96. The maximum Gasteiger partial charge on any atom is 0.196 e. The number of nitrogens with zero attached hydrogens (tertiary/aromatic N) is 3. The van der Waals surface area contributed by atoms with E-state index >= 15 is 0 Å². The molecular weight excluding hydrogens is 302 g/mol. The van der Waals surface area contributed by atoms with E-state index in [1.807, 2.05) is 48.3 Å². The number of furan rings is 1. The molecule has 24 heavy (non-hydrogen) atoms. The molecule has 5 heteroatoms. The highest BCUT2D eigenvalue weighted by molar-refractivity contribution is 6.05. The lowest BCUT2D eigenvalue weighted by Gasteiger charge is -2.26. The van der Waals surface area contributed by atoms with E-state index in [0.29, 0.717) is 5.58 Å². The molecule has 1 atom stereocenters. The van der Waals surface area contributed by atoms with Crippen LogP contribution in [0.15, 0.2) is 59.3 Å². The van der Waals surface area contributed by atoms with Gasteiger partial charge in [0.2, 0.25) is 0 Å². The third kappa shape index (κ3) is 2.25. The Morgan fingerprint density at radius 3 is 2.75 bits per heavy atom. The molecule has 4 aromatic rings. The molecule has 0 fully saturated rings. The zero-order chi connectivity index (χ0) is 16.7. The highest BCUT2D eigenvalue weighted by Crippen LogP contribution is 2.34. The van der Waals surface area contributed by atoms with E-state index in [1.165, 1.54) is 0 Å². The second-order valence-corrected chi connectivity index (χ2v) is 5.86. The largest absolute Gasteiger partial charge is 0.508 e. The molecule has 0 aliphatic rings. The molecule has 1 N–H and O–H groups in total. The Kier molecular flexibility index (Phi) is 3.34. The maximum absolute atomic E-state index is 9.72. The van der Waals surface area contributed by atoms with Crippen LogP contribution in [0.4, 0.5) is 5.82 Å². The predicted octanol–water partition coefficient (Wildman–Crippen LogP) is 4.28. The molecule has 0 spiro atoms. The van der Waals surface area contributed by atoms with Crippen LogP contribution in [0.1, 0.15) is 18.5 Å². The number of anilines is 1. The molecule has 0 radical (unpaired) electrons. The van der Waals surface area contributed by atoms with Crippen molar-refractivity contribution in [1.82, 2.24) is 9.97 Å². The van der Waals surface area contributed by atoms with Crippen molar-refractivity contribution < 1.29 is 9.52 Å². The van der Waals surface area contributed by atoms with Gasteiger partial charge in [-0.05, 0) is 36.8 Å². The molecule has 0 saturated heterocycles. The molecule has 120 valence electrons. The highest BCUT2D eigenvalue weighted by Gasteiger charge is 2.20. The number of aromatic hydroxyl groups is 1. The SMILES string of the molecule is C[C@H](c1cccc(O)c1)N(C)c1ncnc2c1oc1ccccc12. The number of fused-ring (bicyclic) bond motifs is 3. The molecule has 0 aliphatic carbocycles. The zero-order valence-corrected chi connectivity index (χ0v) is 13.5. The zero-order valence-electron chi connectivity index (χ0n) is 13.5. The van der Waals surface area contributed by atoms with Crippen LogP contribution in [0.2, 0.25) is 0 Å². The first-order chi connectivity index (χ1) is 11.6.